The third kappa shape index (κ3) is 11.5. The number of hydrogen-bond donors (Lipinski definition) is 1. The summed E-state index contributed by atoms with van der Waals surface area (Å²) >= 11 is 0. The van der Waals surface area contributed by atoms with E-state index in [2.05, 4.69) is 4.74 Å². The van der Waals surface area contributed by atoms with Crippen LogP contribution in [0.4, 0.5) is 0 Å². The van der Waals surface area contributed by atoms with Crippen LogP contribution in [0.15, 0.2) is 0 Å². The Balaban J connectivity index is 0. The van der Waals surface area contributed by atoms with Gasteiger partial charge in [-0.3, -0.25) is 9.59 Å². The van der Waals surface area contributed by atoms with Gasteiger partial charge in [0.1, 0.15) is 5.78 Å². The monoisotopic (exact) mass is 251 g/mol. The Hall–Kier alpha value is -0.610. The van der Waals surface area contributed by atoms with Gasteiger partial charge >= 0.3 is 5.97 Å². The highest BCUT2D eigenvalue weighted by atomic mass is 35.5. The molecule has 0 aromatic heterocycles. The van der Waals surface area contributed by atoms with E-state index in [1.807, 2.05) is 0 Å². The summed E-state index contributed by atoms with van der Waals surface area (Å²) < 4.78 is 4.53. The number of hydrogen-bond acceptors (Lipinski definition) is 4. The van der Waals surface area contributed by atoms with Gasteiger partial charge in [-0.15, -0.1) is 12.4 Å². The van der Waals surface area contributed by atoms with Gasteiger partial charge in [-0.05, 0) is 12.8 Å². The Morgan fingerprint density at radius 2 is 1.50 bits per heavy atom. The molecule has 16 heavy (non-hydrogen) atoms. The molecule has 0 aliphatic rings. The van der Waals surface area contributed by atoms with Gasteiger partial charge in [0.2, 0.25) is 0 Å². The van der Waals surface area contributed by atoms with Crippen LogP contribution in [0.3, 0.4) is 0 Å². The molecule has 5 heteroatoms. The highest BCUT2D eigenvalue weighted by molar-refractivity contribution is 5.85. The summed E-state index contributed by atoms with van der Waals surface area (Å²) in [6.45, 7) is 0.155. The number of carbonyl (C=O) groups excluding carboxylic acids is 2. The second kappa shape index (κ2) is 12.5. The third-order valence-electron chi connectivity index (χ3n) is 2.29. The maximum Gasteiger partial charge on any atom is 0.305 e. The largest absolute Gasteiger partial charge is 0.469 e. The summed E-state index contributed by atoms with van der Waals surface area (Å²) in [5.74, 6) is -0.0159. The van der Waals surface area contributed by atoms with Crippen molar-refractivity contribution in [3.05, 3.63) is 0 Å². The topological polar surface area (TPSA) is 69.4 Å². The molecule has 0 amide bonds. The molecule has 0 rings (SSSR count). The number of ether oxygens (including phenoxy) is 1. The molecule has 0 aliphatic heterocycles. The van der Waals surface area contributed by atoms with Crippen molar-refractivity contribution in [2.24, 2.45) is 5.73 Å². The van der Waals surface area contributed by atoms with Gasteiger partial charge in [0, 0.05) is 12.8 Å². The van der Waals surface area contributed by atoms with Crippen molar-refractivity contribution >= 4 is 24.2 Å². The van der Waals surface area contributed by atoms with Crippen LogP contribution in [0.2, 0.25) is 0 Å². The van der Waals surface area contributed by atoms with E-state index in [4.69, 9.17) is 5.73 Å². The molecule has 0 fully saturated rings. The molecule has 96 valence electrons. The molecular weight excluding hydrogens is 230 g/mol. The zero-order valence-electron chi connectivity index (χ0n) is 9.87. The fourth-order valence-electron chi connectivity index (χ4n) is 1.33. The Morgan fingerprint density at radius 3 is 2.00 bits per heavy atom. The molecule has 0 aromatic carbocycles. The van der Waals surface area contributed by atoms with Gasteiger partial charge in [0.05, 0.1) is 13.7 Å². The van der Waals surface area contributed by atoms with Crippen molar-refractivity contribution < 1.29 is 14.3 Å². The van der Waals surface area contributed by atoms with Gasteiger partial charge in [-0.2, -0.15) is 0 Å². The first-order valence-corrected chi connectivity index (χ1v) is 5.49. The van der Waals surface area contributed by atoms with Crippen molar-refractivity contribution in [2.75, 3.05) is 13.7 Å². The van der Waals surface area contributed by atoms with E-state index >= 15 is 0 Å². The van der Waals surface area contributed by atoms with E-state index < -0.39 is 0 Å². The lowest BCUT2D eigenvalue weighted by atomic mass is 10.1. The molecule has 0 bridgehead atoms. The van der Waals surface area contributed by atoms with Crippen molar-refractivity contribution in [3.8, 4) is 0 Å². The average molecular weight is 252 g/mol. The van der Waals surface area contributed by atoms with Gasteiger partial charge < -0.3 is 10.5 Å². The standard InChI is InChI=1S/C11H21NO3.ClH/c1-15-11(14)8-6-4-2-3-5-7-10(13)9-12;/h2-9,12H2,1H3;1H. The number of Topliss-reactive ketones (excluding diaryl/α,β-unsaturated/α-hetero) is 1. The molecular formula is C11H22ClNO3. The van der Waals surface area contributed by atoms with E-state index in [1.54, 1.807) is 0 Å². The summed E-state index contributed by atoms with van der Waals surface area (Å²) in [5, 5.41) is 0. The lowest BCUT2D eigenvalue weighted by Gasteiger charge is -2.00. The normalized spacial score (nSPS) is 9.38. The number of methoxy groups -OCH3 is 1. The number of esters is 1. The van der Waals surface area contributed by atoms with Crippen LogP contribution < -0.4 is 5.73 Å². The SMILES string of the molecule is COC(=O)CCCCCCCC(=O)CN.Cl. The Kier molecular flexibility index (Phi) is 13.8. The predicted molar refractivity (Wildman–Crippen MR) is 65.6 cm³/mol. The van der Waals surface area contributed by atoms with Gasteiger partial charge in [-0.25, -0.2) is 0 Å². The first-order valence-electron chi connectivity index (χ1n) is 5.49. The Bertz CT molecular complexity index is 178. The van der Waals surface area contributed by atoms with Gasteiger partial charge in [-0.1, -0.05) is 19.3 Å². The minimum absolute atomic E-state index is 0. The molecule has 0 spiro atoms. The minimum atomic E-state index is -0.145. The molecule has 0 atom stereocenters. The minimum Gasteiger partial charge on any atom is -0.469 e. The van der Waals surface area contributed by atoms with E-state index in [0.29, 0.717) is 12.8 Å². The Morgan fingerprint density at radius 1 is 1.00 bits per heavy atom. The number of halogens is 1. The van der Waals surface area contributed by atoms with Crippen LogP contribution in [-0.2, 0) is 14.3 Å². The lowest BCUT2D eigenvalue weighted by molar-refractivity contribution is -0.140. The fraction of sp³-hybridized carbons (Fsp3) is 0.818. The maximum atomic E-state index is 10.8. The summed E-state index contributed by atoms with van der Waals surface area (Å²) in [6, 6.07) is 0. The molecule has 0 aromatic rings. The summed E-state index contributed by atoms with van der Waals surface area (Å²) in [5.41, 5.74) is 5.18. The first-order chi connectivity index (χ1) is 7.20. The number of ketones is 1. The quantitative estimate of drug-likeness (QED) is 0.502. The highest BCUT2D eigenvalue weighted by Crippen LogP contribution is 2.07. The molecule has 0 radical (unpaired) electrons. The lowest BCUT2D eigenvalue weighted by Crippen LogP contribution is -2.12. The van der Waals surface area contributed by atoms with Crippen LogP contribution >= 0.6 is 12.4 Å². The molecule has 0 saturated heterocycles. The van der Waals surface area contributed by atoms with Crippen molar-refractivity contribution in [2.45, 2.75) is 44.9 Å². The van der Waals surface area contributed by atoms with Gasteiger partial charge in [0.25, 0.3) is 0 Å². The maximum absolute atomic E-state index is 10.8. The zero-order valence-corrected chi connectivity index (χ0v) is 10.7. The third-order valence-corrected chi connectivity index (χ3v) is 2.29. The second-order valence-corrected chi connectivity index (χ2v) is 3.59. The molecule has 4 nitrogen and oxygen atoms in total. The molecule has 0 aliphatic carbocycles. The van der Waals surface area contributed by atoms with Crippen molar-refractivity contribution in [3.63, 3.8) is 0 Å². The van der Waals surface area contributed by atoms with Crippen molar-refractivity contribution in [1.82, 2.24) is 0 Å². The first kappa shape index (κ1) is 17.8. The van der Waals surface area contributed by atoms with E-state index in [-0.39, 0.29) is 30.7 Å². The van der Waals surface area contributed by atoms with Crippen LogP contribution in [0.25, 0.3) is 0 Å². The fourth-order valence-corrected chi connectivity index (χ4v) is 1.33. The molecule has 0 saturated carbocycles. The zero-order chi connectivity index (χ0) is 11.5. The number of unbranched alkanes of at least 4 members (excludes halogenated alkanes) is 4. The van der Waals surface area contributed by atoms with Crippen LogP contribution in [0.1, 0.15) is 44.9 Å². The van der Waals surface area contributed by atoms with Crippen LogP contribution in [-0.4, -0.2) is 25.4 Å². The highest BCUT2D eigenvalue weighted by Gasteiger charge is 2.00. The van der Waals surface area contributed by atoms with Crippen LogP contribution in [0, 0.1) is 0 Å². The van der Waals surface area contributed by atoms with Crippen molar-refractivity contribution in [1.29, 1.82) is 0 Å². The predicted octanol–water partition coefficient (Wildman–Crippen LogP) is 1.84. The van der Waals surface area contributed by atoms with Crippen LogP contribution in [0.5, 0.6) is 0 Å². The number of rotatable bonds is 9. The number of carbonyl (C=O) groups is 2. The van der Waals surface area contributed by atoms with Gasteiger partial charge in [0.15, 0.2) is 0 Å². The Labute approximate surface area is 103 Å². The molecule has 2 N–H and O–H groups in total. The molecule has 0 unspecified atom stereocenters. The summed E-state index contributed by atoms with van der Waals surface area (Å²) in [4.78, 5) is 21.6. The summed E-state index contributed by atoms with van der Waals surface area (Å²) in [6.07, 6.45) is 5.99. The molecule has 0 heterocycles. The second-order valence-electron chi connectivity index (χ2n) is 3.59. The average Bonchev–Trinajstić information content (AvgIpc) is 2.26. The number of nitrogens with two attached hydrogens (primary N) is 1. The smallest absolute Gasteiger partial charge is 0.305 e. The van der Waals surface area contributed by atoms with E-state index in [0.717, 1.165) is 32.1 Å². The summed E-state index contributed by atoms with van der Waals surface area (Å²) in [7, 11) is 1.40. The van der Waals surface area contributed by atoms with E-state index in [1.165, 1.54) is 7.11 Å². The van der Waals surface area contributed by atoms with E-state index in [9.17, 15) is 9.59 Å².